The van der Waals surface area contributed by atoms with Gasteiger partial charge in [-0.05, 0) is 29.8 Å². The van der Waals surface area contributed by atoms with Crippen molar-refractivity contribution in [3.63, 3.8) is 0 Å². The van der Waals surface area contributed by atoms with E-state index in [1.807, 2.05) is 0 Å². The third-order valence-electron chi connectivity index (χ3n) is 3.42. The van der Waals surface area contributed by atoms with Gasteiger partial charge in [0.1, 0.15) is 12.3 Å². The third-order valence-corrected chi connectivity index (χ3v) is 3.42. The first-order chi connectivity index (χ1) is 13.3. The molecule has 0 saturated heterocycles. The Balaban J connectivity index is 0.00000420. The summed E-state index contributed by atoms with van der Waals surface area (Å²) in [6.45, 7) is -0.00871. The third kappa shape index (κ3) is 8.89. The van der Waals surface area contributed by atoms with Crippen molar-refractivity contribution in [1.29, 1.82) is 0 Å². The molecule has 0 aromatic heterocycles. The van der Waals surface area contributed by atoms with Crippen LogP contribution in [-0.4, -0.2) is 31.9 Å². The number of halogens is 4. The van der Waals surface area contributed by atoms with Crippen molar-refractivity contribution in [2.24, 2.45) is 10.7 Å². The van der Waals surface area contributed by atoms with Gasteiger partial charge in [-0.15, -0.1) is 37.1 Å². The van der Waals surface area contributed by atoms with Crippen molar-refractivity contribution in [2.75, 3.05) is 19.0 Å². The first-order valence-electron chi connectivity index (χ1n) is 8.08. The van der Waals surface area contributed by atoms with E-state index in [9.17, 15) is 18.0 Å². The summed E-state index contributed by atoms with van der Waals surface area (Å²) in [7, 11) is 1.56. The minimum absolute atomic E-state index is 0. The first-order valence-corrected chi connectivity index (χ1v) is 8.08. The lowest BCUT2D eigenvalue weighted by atomic mass is 10.2. The van der Waals surface area contributed by atoms with Crippen LogP contribution in [0.1, 0.15) is 5.56 Å². The van der Waals surface area contributed by atoms with Gasteiger partial charge in [0, 0.05) is 6.54 Å². The highest BCUT2D eigenvalue weighted by atomic mass is 127. The highest BCUT2D eigenvalue weighted by molar-refractivity contribution is 14.0. The number of hydrogen-bond donors (Lipinski definition) is 3. The number of para-hydroxylation sites is 2. The molecule has 0 aliphatic heterocycles. The fourth-order valence-corrected chi connectivity index (χ4v) is 2.12. The van der Waals surface area contributed by atoms with Gasteiger partial charge in [-0.25, -0.2) is 4.99 Å². The topological polar surface area (TPSA) is 98.0 Å². The number of benzene rings is 2. The van der Waals surface area contributed by atoms with Crippen LogP contribution in [-0.2, 0) is 11.3 Å². The van der Waals surface area contributed by atoms with Crippen molar-refractivity contribution in [3.05, 3.63) is 54.1 Å². The van der Waals surface area contributed by atoms with Crippen LogP contribution in [0, 0.1) is 0 Å². The SMILES string of the molecule is COc1ccc(CNC(=O)CN=C(N)Nc2ccccc2OC(F)(F)F)cc1.I. The highest BCUT2D eigenvalue weighted by Crippen LogP contribution is 2.29. The molecule has 1 amide bonds. The average molecular weight is 524 g/mol. The summed E-state index contributed by atoms with van der Waals surface area (Å²) in [6, 6.07) is 12.5. The summed E-state index contributed by atoms with van der Waals surface area (Å²) in [5.74, 6) is -0.386. The van der Waals surface area contributed by atoms with E-state index in [0.717, 1.165) is 11.6 Å². The quantitative estimate of drug-likeness (QED) is 0.294. The summed E-state index contributed by atoms with van der Waals surface area (Å²) >= 11 is 0. The molecule has 0 saturated carbocycles. The molecule has 0 radical (unpaired) electrons. The van der Waals surface area contributed by atoms with Crippen molar-refractivity contribution in [3.8, 4) is 11.5 Å². The number of carbonyl (C=O) groups is 1. The summed E-state index contributed by atoms with van der Waals surface area (Å²) in [4.78, 5) is 15.7. The minimum Gasteiger partial charge on any atom is -0.497 e. The predicted octanol–water partition coefficient (Wildman–Crippen LogP) is 3.25. The van der Waals surface area contributed by atoms with Gasteiger partial charge in [-0.2, -0.15) is 0 Å². The van der Waals surface area contributed by atoms with E-state index in [1.165, 1.54) is 18.2 Å². The summed E-state index contributed by atoms with van der Waals surface area (Å²) in [6.07, 6.45) is -4.84. The Labute approximate surface area is 182 Å². The Kier molecular flexibility index (Phi) is 9.51. The first kappa shape index (κ1) is 24.3. The largest absolute Gasteiger partial charge is 0.573 e. The molecule has 2 aromatic carbocycles. The molecule has 0 aliphatic carbocycles. The van der Waals surface area contributed by atoms with Crippen LogP contribution in [0.2, 0.25) is 0 Å². The van der Waals surface area contributed by atoms with Gasteiger partial charge in [-0.1, -0.05) is 24.3 Å². The van der Waals surface area contributed by atoms with Crippen LogP contribution in [0.25, 0.3) is 0 Å². The number of nitrogens with one attached hydrogen (secondary N) is 2. The second-order valence-electron chi connectivity index (χ2n) is 5.50. The number of aliphatic imine (C=N–C) groups is 1. The molecule has 0 spiro atoms. The van der Waals surface area contributed by atoms with E-state index in [-0.39, 0.29) is 48.7 Å². The van der Waals surface area contributed by atoms with Gasteiger partial charge in [0.2, 0.25) is 5.91 Å². The maximum absolute atomic E-state index is 12.4. The number of ether oxygens (including phenoxy) is 2. The van der Waals surface area contributed by atoms with Gasteiger partial charge in [0.05, 0.1) is 12.8 Å². The zero-order valence-electron chi connectivity index (χ0n) is 15.3. The smallest absolute Gasteiger partial charge is 0.497 e. The molecule has 2 aromatic rings. The average Bonchev–Trinajstić information content (AvgIpc) is 2.65. The van der Waals surface area contributed by atoms with E-state index in [1.54, 1.807) is 31.4 Å². The zero-order valence-corrected chi connectivity index (χ0v) is 17.7. The maximum Gasteiger partial charge on any atom is 0.573 e. The van der Waals surface area contributed by atoms with Crippen LogP contribution >= 0.6 is 24.0 Å². The number of nitrogens with two attached hydrogens (primary N) is 1. The summed E-state index contributed by atoms with van der Waals surface area (Å²) in [5, 5.41) is 5.14. The Bertz CT molecular complexity index is 830. The molecule has 4 N–H and O–H groups in total. The van der Waals surface area contributed by atoms with E-state index >= 15 is 0 Å². The van der Waals surface area contributed by atoms with E-state index < -0.39 is 18.0 Å². The Morgan fingerprint density at radius 3 is 2.41 bits per heavy atom. The van der Waals surface area contributed by atoms with Crippen LogP contribution in [0.3, 0.4) is 0 Å². The molecule has 158 valence electrons. The summed E-state index contributed by atoms with van der Waals surface area (Å²) in [5.41, 5.74) is 6.47. The van der Waals surface area contributed by atoms with Crippen LogP contribution < -0.4 is 25.8 Å². The van der Waals surface area contributed by atoms with E-state index in [2.05, 4.69) is 20.4 Å². The van der Waals surface area contributed by atoms with E-state index in [4.69, 9.17) is 10.5 Å². The van der Waals surface area contributed by atoms with Gasteiger partial charge in [-0.3, -0.25) is 4.79 Å². The molecular weight excluding hydrogens is 504 g/mol. The lowest BCUT2D eigenvalue weighted by Crippen LogP contribution is -2.29. The normalized spacial score (nSPS) is 11.2. The number of alkyl halides is 3. The Morgan fingerprint density at radius 1 is 1.14 bits per heavy atom. The lowest BCUT2D eigenvalue weighted by Gasteiger charge is -2.14. The van der Waals surface area contributed by atoms with Gasteiger partial charge in [0.15, 0.2) is 11.7 Å². The molecule has 0 unspecified atom stereocenters. The van der Waals surface area contributed by atoms with Crippen molar-refractivity contribution < 1.29 is 27.4 Å². The van der Waals surface area contributed by atoms with Crippen molar-refractivity contribution in [1.82, 2.24) is 5.32 Å². The molecule has 0 bridgehead atoms. The van der Waals surface area contributed by atoms with Crippen LogP contribution in [0.5, 0.6) is 11.5 Å². The number of rotatable bonds is 7. The van der Waals surface area contributed by atoms with Crippen molar-refractivity contribution >= 4 is 41.5 Å². The number of anilines is 1. The number of nitrogens with zero attached hydrogens (tertiary/aromatic N) is 1. The summed E-state index contributed by atoms with van der Waals surface area (Å²) < 4.78 is 46.2. The lowest BCUT2D eigenvalue weighted by molar-refractivity contribution is -0.274. The monoisotopic (exact) mass is 524 g/mol. The molecule has 7 nitrogen and oxygen atoms in total. The second kappa shape index (κ2) is 11.3. The molecule has 29 heavy (non-hydrogen) atoms. The Hall–Kier alpha value is -2.70. The number of methoxy groups -OCH3 is 1. The molecule has 2 rings (SSSR count). The molecule has 0 fully saturated rings. The maximum atomic E-state index is 12.4. The molecular formula is C18H20F3IN4O3. The van der Waals surface area contributed by atoms with Gasteiger partial charge < -0.3 is 25.8 Å². The van der Waals surface area contributed by atoms with E-state index in [0.29, 0.717) is 5.75 Å². The number of amides is 1. The number of carbonyl (C=O) groups excluding carboxylic acids is 1. The van der Waals surface area contributed by atoms with Crippen molar-refractivity contribution in [2.45, 2.75) is 12.9 Å². The van der Waals surface area contributed by atoms with Gasteiger partial charge in [0.25, 0.3) is 0 Å². The Morgan fingerprint density at radius 2 is 1.79 bits per heavy atom. The molecule has 0 heterocycles. The van der Waals surface area contributed by atoms with Crippen LogP contribution in [0.15, 0.2) is 53.5 Å². The second-order valence-corrected chi connectivity index (χ2v) is 5.50. The minimum atomic E-state index is -4.84. The van der Waals surface area contributed by atoms with Gasteiger partial charge >= 0.3 is 6.36 Å². The zero-order chi connectivity index (χ0) is 20.6. The molecule has 0 aliphatic rings. The number of hydrogen-bond acceptors (Lipinski definition) is 4. The number of guanidine groups is 1. The standard InChI is InChI=1S/C18H19F3N4O3.HI/c1-27-13-8-6-12(7-9-13)10-23-16(26)11-24-17(22)25-14-4-2-3-5-15(14)28-18(19,20)21;/h2-9H,10-11H2,1H3,(H,23,26)(H3,22,24,25);1H. The van der Waals surface area contributed by atoms with Crippen LogP contribution in [0.4, 0.5) is 18.9 Å². The molecule has 11 heteroatoms. The molecule has 0 atom stereocenters. The highest BCUT2D eigenvalue weighted by Gasteiger charge is 2.32. The predicted molar refractivity (Wildman–Crippen MR) is 113 cm³/mol. The fourth-order valence-electron chi connectivity index (χ4n) is 2.12. The fraction of sp³-hybridized carbons (Fsp3) is 0.222.